The number of nitrogens with zero attached hydrogens (tertiary/aromatic N) is 1. The van der Waals surface area contributed by atoms with Crippen LogP contribution in [0.25, 0.3) is 0 Å². The average Bonchev–Trinajstić information content (AvgIpc) is 2.48. The molecule has 2 rings (SSSR count). The van der Waals surface area contributed by atoms with Gasteiger partial charge in [0.25, 0.3) is 5.91 Å². The Kier molecular flexibility index (Phi) is 4.33. The van der Waals surface area contributed by atoms with Gasteiger partial charge in [-0.25, -0.2) is 0 Å². The van der Waals surface area contributed by atoms with E-state index in [0.717, 1.165) is 6.42 Å². The molecule has 5 nitrogen and oxygen atoms in total. The molecule has 2 aromatic carbocycles. The Morgan fingerprint density at radius 1 is 1.14 bits per heavy atom. The molecule has 0 atom stereocenters. The zero-order chi connectivity index (χ0) is 15.4. The number of hydrogen-bond acceptors (Lipinski definition) is 4. The number of aromatic hydroxyl groups is 2. The van der Waals surface area contributed by atoms with Gasteiger partial charge < -0.3 is 20.8 Å². The number of nitrogens with two attached hydrogens (primary N) is 1. The van der Waals surface area contributed by atoms with Gasteiger partial charge in [-0.15, -0.1) is 0 Å². The van der Waals surface area contributed by atoms with E-state index in [9.17, 15) is 15.0 Å². The molecular weight excluding hydrogens is 268 g/mol. The first-order valence-corrected chi connectivity index (χ1v) is 6.73. The van der Waals surface area contributed by atoms with Crippen molar-refractivity contribution >= 4 is 17.3 Å². The van der Waals surface area contributed by atoms with Crippen molar-refractivity contribution in [3.05, 3.63) is 48.0 Å². The van der Waals surface area contributed by atoms with E-state index in [1.54, 1.807) is 24.3 Å². The fraction of sp³-hybridized carbons (Fsp3) is 0.188. The van der Waals surface area contributed by atoms with E-state index in [0.29, 0.717) is 17.9 Å². The number of phenols is 2. The number of hydrogen-bond donors (Lipinski definition) is 3. The second-order valence-corrected chi connectivity index (χ2v) is 4.69. The third-order valence-electron chi connectivity index (χ3n) is 3.17. The van der Waals surface area contributed by atoms with Crippen molar-refractivity contribution in [3.63, 3.8) is 0 Å². The Balaban J connectivity index is 2.46. The van der Waals surface area contributed by atoms with E-state index in [4.69, 9.17) is 5.73 Å². The summed E-state index contributed by atoms with van der Waals surface area (Å²) in [6.07, 6.45) is 0.736. The highest BCUT2D eigenvalue weighted by Gasteiger charge is 2.22. The maximum atomic E-state index is 12.7. The minimum atomic E-state index is -0.418. The van der Waals surface area contributed by atoms with Crippen molar-refractivity contribution in [2.45, 2.75) is 13.3 Å². The predicted octanol–water partition coefficient (Wildman–Crippen LogP) is 2.74. The van der Waals surface area contributed by atoms with Crippen LogP contribution < -0.4 is 10.6 Å². The Bertz CT molecular complexity index is 656. The molecular formula is C16H18N2O3. The monoisotopic (exact) mass is 286 g/mol. The van der Waals surface area contributed by atoms with E-state index < -0.39 is 11.7 Å². The lowest BCUT2D eigenvalue weighted by Gasteiger charge is -2.24. The lowest BCUT2D eigenvalue weighted by Crippen LogP contribution is -2.32. The summed E-state index contributed by atoms with van der Waals surface area (Å²) in [4.78, 5) is 14.2. The Hall–Kier alpha value is -2.69. The quantitative estimate of drug-likeness (QED) is 0.596. The summed E-state index contributed by atoms with van der Waals surface area (Å²) in [7, 11) is 0. The molecule has 0 saturated carbocycles. The molecule has 0 fully saturated rings. The van der Waals surface area contributed by atoms with Gasteiger partial charge in [0.1, 0.15) is 0 Å². The molecule has 21 heavy (non-hydrogen) atoms. The number of para-hydroxylation sites is 3. The highest BCUT2D eigenvalue weighted by atomic mass is 16.3. The fourth-order valence-electron chi connectivity index (χ4n) is 2.14. The number of anilines is 2. The maximum Gasteiger partial charge on any atom is 0.262 e. The van der Waals surface area contributed by atoms with Crippen LogP contribution in [0.5, 0.6) is 11.5 Å². The zero-order valence-corrected chi connectivity index (χ0v) is 11.8. The van der Waals surface area contributed by atoms with Gasteiger partial charge in [0, 0.05) is 6.54 Å². The minimum Gasteiger partial charge on any atom is -0.504 e. The second kappa shape index (κ2) is 6.17. The number of carbonyl (C=O) groups is 1. The van der Waals surface area contributed by atoms with Crippen LogP contribution in [-0.4, -0.2) is 22.7 Å². The van der Waals surface area contributed by atoms with Gasteiger partial charge in [0.15, 0.2) is 11.5 Å². The van der Waals surface area contributed by atoms with Crippen LogP contribution in [0.2, 0.25) is 0 Å². The van der Waals surface area contributed by atoms with Crippen LogP contribution in [0.15, 0.2) is 42.5 Å². The SMILES string of the molecule is CCCN(C(=O)c1cccc(O)c1O)c1ccccc1N. The van der Waals surface area contributed by atoms with Crippen molar-refractivity contribution < 1.29 is 15.0 Å². The van der Waals surface area contributed by atoms with Crippen molar-refractivity contribution in [1.29, 1.82) is 0 Å². The highest BCUT2D eigenvalue weighted by Crippen LogP contribution is 2.31. The highest BCUT2D eigenvalue weighted by molar-refractivity contribution is 6.09. The largest absolute Gasteiger partial charge is 0.504 e. The van der Waals surface area contributed by atoms with Crippen molar-refractivity contribution in [2.75, 3.05) is 17.2 Å². The van der Waals surface area contributed by atoms with E-state index in [-0.39, 0.29) is 11.3 Å². The van der Waals surface area contributed by atoms with Gasteiger partial charge in [0.2, 0.25) is 0 Å². The number of rotatable bonds is 4. The van der Waals surface area contributed by atoms with Crippen molar-refractivity contribution in [3.8, 4) is 11.5 Å². The molecule has 4 N–H and O–H groups in total. The molecule has 0 radical (unpaired) electrons. The molecule has 0 aliphatic carbocycles. The Morgan fingerprint density at radius 3 is 2.52 bits per heavy atom. The molecule has 5 heteroatoms. The van der Waals surface area contributed by atoms with Crippen LogP contribution >= 0.6 is 0 Å². The number of carbonyl (C=O) groups excluding carboxylic acids is 1. The summed E-state index contributed by atoms with van der Waals surface area (Å²) in [5.41, 5.74) is 7.05. The molecule has 0 aliphatic rings. The summed E-state index contributed by atoms with van der Waals surface area (Å²) in [5.74, 6) is -1.14. The molecule has 0 heterocycles. The summed E-state index contributed by atoms with van der Waals surface area (Å²) in [6.45, 7) is 2.41. The summed E-state index contributed by atoms with van der Waals surface area (Å²) < 4.78 is 0. The first kappa shape index (κ1) is 14.7. The van der Waals surface area contributed by atoms with Gasteiger partial charge >= 0.3 is 0 Å². The second-order valence-electron chi connectivity index (χ2n) is 4.69. The van der Waals surface area contributed by atoms with Crippen LogP contribution in [0.3, 0.4) is 0 Å². The van der Waals surface area contributed by atoms with E-state index in [1.165, 1.54) is 23.1 Å². The molecule has 1 amide bonds. The molecule has 0 saturated heterocycles. The average molecular weight is 286 g/mol. The first-order chi connectivity index (χ1) is 10.1. The number of amides is 1. The summed E-state index contributed by atoms with van der Waals surface area (Å²) in [6, 6.07) is 11.4. The van der Waals surface area contributed by atoms with Crippen LogP contribution in [0.1, 0.15) is 23.7 Å². The summed E-state index contributed by atoms with van der Waals surface area (Å²) in [5, 5.41) is 19.4. The molecule has 2 aromatic rings. The molecule has 0 aromatic heterocycles. The van der Waals surface area contributed by atoms with Gasteiger partial charge in [-0.3, -0.25) is 4.79 Å². The molecule has 0 unspecified atom stereocenters. The van der Waals surface area contributed by atoms with Crippen LogP contribution in [0, 0.1) is 0 Å². The smallest absolute Gasteiger partial charge is 0.262 e. The van der Waals surface area contributed by atoms with E-state index in [1.807, 2.05) is 6.92 Å². The lowest BCUT2D eigenvalue weighted by atomic mass is 10.1. The molecule has 0 aliphatic heterocycles. The summed E-state index contributed by atoms with van der Waals surface area (Å²) >= 11 is 0. The Labute approximate surface area is 123 Å². The zero-order valence-electron chi connectivity index (χ0n) is 11.8. The number of phenolic OH excluding ortho intramolecular Hbond substituents is 2. The molecule has 0 bridgehead atoms. The normalized spacial score (nSPS) is 10.3. The van der Waals surface area contributed by atoms with Gasteiger partial charge in [-0.05, 0) is 30.7 Å². The lowest BCUT2D eigenvalue weighted by molar-refractivity contribution is 0.0983. The minimum absolute atomic E-state index is 0.0479. The van der Waals surface area contributed by atoms with Crippen LogP contribution in [0.4, 0.5) is 11.4 Å². The first-order valence-electron chi connectivity index (χ1n) is 6.73. The van der Waals surface area contributed by atoms with E-state index in [2.05, 4.69) is 0 Å². The van der Waals surface area contributed by atoms with E-state index >= 15 is 0 Å². The molecule has 0 spiro atoms. The predicted molar refractivity (Wildman–Crippen MR) is 82.6 cm³/mol. The van der Waals surface area contributed by atoms with Crippen LogP contribution in [-0.2, 0) is 0 Å². The van der Waals surface area contributed by atoms with Crippen molar-refractivity contribution in [1.82, 2.24) is 0 Å². The number of nitrogen functional groups attached to an aromatic ring is 1. The van der Waals surface area contributed by atoms with Gasteiger partial charge in [-0.1, -0.05) is 25.1 Å². The molecule has 110 valence electrons. The topological polar surface area (TPSA) is 86.8 Å². The Morgan fingerprint density at radius 2 is 1.86 bits per heavy atom. The third-order valence-corrected chi connectivity index (χ3v) is 3.17. The maximum absolute atomic E-state index is 12.7. The van der Waals surface area contributed by atoms with Gasteiger partial charge in [0.05, 0.1) is 16.9 Å². The fourth-order valence-corrected chi connectivity index (χ4v) is 2.14. The number of benzene rings is 2. The van der Waals surface area contributed by atoms with Crippen molar-refractivity contribution in [2.24, 2.45) is 0 Å². The third kappa shape index (κ3) is 2.91. The van der Waals surface area contributed by atoms with Gasteiger partial charge in [-0.2, -0.15) is 0 Å². The standard InChI is InChI=1S/C16H18N2O3/c1-2-10-18(13-8-4-3-7-12(13)17)16(21)11-6-5-9-14(19)15(11)20/h3-9,19-20H,2,10,17H2,1H3.